The van der Waals surface area contributed by atoms with Crippen LogP contribution >= 0.6 is 0 Å². The van der Waals surface area contributed by atoms with Crippen LogP contribution in [0, 0.1) is 0 Å². The van der Waals surface area contributed by atoms with Gasteiger partial charge in [0.2, 0.25) is 5.91 Å². The lowest BCUT2D eigenvalue weighted by atomic mass is 10.1. The van der Waals surface area contributed by atoms with Crippen molar-refractivity contribution < 1.29 is 14.3 Å². The first-order valence-corrected chi connectivity index (χ1v) is 7.43. The molecule has 2 aromatic carbocycles. The molecule has 22 heavy (non-hydrogen) atoms. The molecule has 0 radical (unpaired) electrons. The molecule has 3 rings (SSSR count). The van der Waals surface area contributed by atoms with E-state index in [1.165, 1.54) is 0 Å². The number of methoxy groups -OCH3 is 1. The normalized spacial score (nSPS) is 13.2. The van der Waals surface area contributed by atoms with E-state index in [0.717, 1.165) is 22.7 Å². The second-order valence-electron chi connectivity index (χ2n) is 5.21. The topological polar surface area (TPSA) is 38.8 Å². The van der Waals surface area contributed by atoms with Gasteiger partial charge < -0.3 is 14.4 Å². The summed E-state index contributed by atoms with van der Waals surface area (Å²) in [4.78, 5) is 14.3. The number of para-hydroxylation sites is 2. The summed E-state index contributed by atoms with van der Waals surface area (Å²) < 4.78 is 10.8. The molecule has 0 aromatic heterocycles. The van der Waals surface area contributed by atoms with Crippen molar-refractivity contribution in [3.8, 4) is 11.5 Å². The van der Waals surface area contributed by atoms with Gasteiger partial charge in [0.1, 0.15) is 18.1 Å². The number of aryl methyl sites for hydroxylation is 1. The Balaban J connectivity index is 1.68. The van der Waals surface area contributed by atoms with Crippen molar-refractivity contribution in [2.24, 2.45) is 0 Å². The monoisotopic (exact) mass is 297 g/mol. The molecule has 114 valence electrons. The smallest absolute Gasteiger partial charge is 0.227 e. The zero-order valence-corrected chi connectivity index (χ0v) is 12.6. The second-order valence-corrected chi connectivity index (χ2v) is 5.21. The van der Waals surface area contributed by atoms with E-state index >= 15 is 0 Å². The quantitative estimate of drug-likeness (QED) is 0.870. The number of amides is 1. The Bertz CT molecular complexity index is 669. The zero-order chi connectivity index (χ0) is 15.4. The lowest BCUT2D eigenvalue weighted by Crippen LogP contribution is -2.38. The van der Waals surface area contributed by atoms with Crippen LogP contribution in [0.15, 0.2) is 48.5 Å². The van der Waals surface area contributed by atoms with E-state index in [4.69, 9.17) is 9.47 Å². The molecule has 4 heteroatoms. The summed E-state index contributed by atoms with van der Waals surface area (Å²) in [5, 5.41) is 0. The molecule has 1 aliphatic heterocycles. The number of hydrogen-bond donors (Lipinski definition) is 0. The van der Waals surface area contributed by atoms with Gasteiger partial charge >= 0.3 is 0 Å². The third kappa shape index (κ3) is 3.06. The van der Waals surface area contributed by atoms with Crippen LogP contribution in [0.2, 0.25) is 0 Å². The number of rotatable bonds is 4. The number of anilines is 1. The van der Waals surface area contributed by atoms with E-state index in [-0.39, 0.29) is 5.91 Å². The third-order valence-corrected chi connectivity index (χ3v) is 3.79. The van der Waals surface area contributed by atoms with Gasteiger partial charge in [0, 0.05) is 6.42 Å². The highest BCUT2D eigenvalue weighted by Gasteiger charge is 2.22. The Kier molecular flexibility index (Phi) is 4.28. The summed E-state index contributed by atoms with van der Waals surface area (Å²) in [6, 6.07) is 15.5. The number of carbonyl (C=O) groups is 1. The summed E-state index contributed by atoms with van der Waals surface area (Å²) in [7, 11) is 1.65. The molecule has 0 saturated heterocycles. The molecular weight excluding hydrogens is 278 g/mol. The lowest BCUT2D eigenvalue weighted by Gasteiger charge is -2.29. The Morgan fingerprint density at radius 3 is 2.95 bits per heavy atom. The van der Waals surface area contributed by atoms with E-state index in [2.05, 4.69) is 0 Å². The van der Waals surface area contributed by atoms with E-state index in [9.17, 15) is 4.79 Å². The molecule has 1 amide bonds. The van der Waals surface area contributed by atoms with Crippen molar-refractivity contribution in [2.75, 3.05) is 25.2 Å². The molecule has 0 N–H and O–H groups in total. The van der Waals surface area contributed by atoms with Crippen LogP contribution in [0.4, 0.5) is 5.69 Å². The van der Waals surface area contributed by atoms with Gasteiger partial charge in [-0.2, -0.15) is 0 Å². The van der Waals surface area contributed by atoms with E-state index in [1.807, 2.05) is 53.4 Å². The molecule has 0 aliphatic carbocycles. The molecular formula is C18H19NO3. The molecule has 0 spiro atoms. The Morgan fingerprint density at radius 1 is 1.23 bits per heavy atom. The molecule has 0 atom stereocenters. The maximum absolute atomic E-state index is 12.5. The van der Waals surface area contributed by atoms with E-state index in [0.29, 0.717) is 26.0 Å². The number of hydrogen-bond acceptors (Lipinski definition) is 3. The largest absolute Gasteiger partial charge is 0.497 e. The standard InChI is InChI=1S/C18H19NO3/c1-21-15-6-4-5-14(13-15)9-10-18(20)19-11-12-22-17-8-3-2-7-16(17)19/h2-8,13H,9-12H2,1H3. The van der Waals surface area contributed by atoms with Crippen molar-refractivity contribution in [3.05, 3.63) is 54.1 Å². The summed E-state index contributed by atoms with van der Waals surface area (Å²) >= 11 is 0. The predicted molar refractivity (Wildman–Crippen MR) is 85.6 cm³/mol. The summed E-state index contributed by atoms with van der Waals surface area (Å²) in [5.41, 5.74) is 1.97. The van der Waals surface area contributed by atoms with Crippen LogP contribution in [0.25, 0.3) is 0 Å². The van der Waals surface area contributed by atoms with Gasteiger partial charge in [0.05, 0.1) is 19.3 Å². The number of ether oxygens (including phenoxy) is 2. The average molecular weight is 297 g/mol. The number of carbonyl (C=O) groups excluding carboxylic acids is 1. The minimum absolute atomic E-state index is 0.124. The minimum atomic E-state index is 0.124. The number of benzene rings is 2. The molecule has 2 aromatic rings. The summed E-state index contributed by atoms with van der Waals surface area (Å²) in [6.45, 7) is 1.15. The SMILES string of the molecule is COc1cccc(CCC(=O)N2CCOc3ccccc32)c1. The van der Waals surface area contributed by atoms with E-state index < -0.39 is 0 Å². The van der Waals surface area contributed by atoms with Gasteiger partial charge in [0.15, 0.2) is 0 Å². The van der Waals surface area contributed by atoms with Crippen LogP contribution in [0.3, 0.4) is 0 Å². The fourth-order valence-electron chi connectivity index (χ4n) is 2.64. The van der Waals surface area contributed by atoms with Crippen LogP contribution in [-0.2, 0) is 11.2 Å². The molecule has 1 aliphatic rings. The Labute approximate surface area is 130 Å². The third-order valence-electron chi connectivity index (χ3n) is 3.79. The molecule has 4 nitrogen and oxygen atoms in total. The van der Waals surface area contributed by atoms with Crippen LogP contribution in [0.5, 0.6) is 11.5 Å². The van der Waals surface area contributed by atoms with Crippen molar-refractivity contribution in [1.29, 1.82) is 0 Å². The van der Waals surface area contributed by atoms with E-state index in [1.54, 1.807) is 7.11 Å². The van der Waals surface area contributed by atoms with Crippen molar-refractivity contribution in [3.63, 3.8) is 0 Å². The zero-order valence-electron chi connectivity index (χ0n) is 12.6. The van der Waals surface area contributed by atoms with Gasteiger partial charge in [-0.25, -0.2) is 0 Å². The lowest BCUT2D eigenvalue weighted by molar-refractivity contribution is -0.118. The molecule has 0 saturated carbocycles. The second kappa shape index (κ2) is 6.52. The maximum atomic E-state index is 12.5. The minimum Gasteiger partial charge on any atom is -0.497 e. The highest BCUT2D eigenvalue weighted by molar-refractivity contribution is 5.95. The maximum Gasteiger partial charge on any atom is 0.227 e. The number of fused-ring (bicyclic) bond motifs is 1. The van der Waals surface area contributed by atoms with Gasteiger partial charge in [-0.05, 0) is 36.2 Å². The fourth-order valence-corrected chi connectivity index (χ4v) is 2.64. The molecule has 0 unspecified atom stereocenters. The van der Waals surface area contributed by atoms with Crippen LogP contribution in [0.1, 0.15) is 12.0 Å². The first-order valence-electron chi connectivity index (χ1n) is 7.43. The van der Waals surface area contributed by atoms with Crippen LogP contribution in [-0.4, -0.2) is 26.2 Å². The Morgan fingerprint density at radius 2 is 2.09 bits per heavy atom. The van der Waals surface area contributed by atoms with Gasteiger partial charge in [-0.15, -0.1) is 0 Å². The highest BCUT2D eigenvalue weighted by atomic mass is 16.5. The summed E-state index contributed by atoms with van der Waals surface area (Å²) in [5.74, 6) is 1.73. The first-order chi connectivity index (χ1) is 10.8. The van der Waals surface area contributed by atoms with Gasteiger partial charge in [0.25, 0.3) is 0 Å². The van der Waals surface area contributed by atoms with Gasteiger partial charge in [-0.1, -0.05) is 24.3 Å². The van der Waals surface area contributed by atoms with Crippen molar-refractivity contribution >= 4 is 11.6 Å². The number of nitrogens with zero attached hydrogens (tertiary/aromatic N) is 1. The molecule has 0 fully saturated rings. The highest BCUT2D eigenvalue weighted by Crippen LogP contribution is 2.31. The van der Waals surface area contributed by atoms with Gasteiger partial charge in [-0.3, -0.25) is 4.79 Å². The van der Waals surface area contributed by atoms with Crippen molar-refractivity contribution in [1.82, 2.24) is 0 Å². The predicted octanol–water partition coefficient (Wildman–Crippen LogP) is 3.05. The first kappa shape index (κ1) is 14.4. The summed E-state index contributed by atoms with van der Waals surface area (Å²) in [6.07, 6.45) is 1.18. The van der Waals surface area contributed by atoms with Crippen molar-refractivity contribution in [2.45, 2.75) is 12.8 Å². The van der Waals surface area contributed by atoms with Crippen LogP contribution < -0.4 is 14.4 Å². The average Bonchev–Trinajstić information content (AvgIpc) is 2.59. The molecule has 1 heterocycles. The fraction of sp³-hybridized carbons (Fsp3) is 0.278. The Hall–Kier alpha value is -2.49. The molecule has 0 bridgehead atoms.